The molecule has 0 saturated carbocycles. The lowest BCUT2D eigenvalue weighted by Crippen LogP contribution is -2.22. The van der Waals surface area contributed by atoms with Crippen LogP contribution in [0.15, 0.2) is 48.5 Å². The molecule has 0 fully saturated rings. The third-order valence-electron chi connectivity index (χ3n) is 4.91. The van der Waals surface area contributed by atoms with Crippen LogP contribution in [0.3, 0.4) is 0 Å². The van der Waals surface area contributed by atoms with Crippen LogP contribution >= 0.6 is 0 Å². The summed E-state index contributed by atoms with van der Waals surface area (Å²) in [6.45, 7) is -0.970. The first kappa shape index (κ1) is 20.0. The molecule has 1 atom stereocenters. The minimum absolute atomic E-state index is 0.00949. The first-order valence-electron chi connectivity index (χ1n) is 12.3. The van der Waals surface area contributed by atoms with Gasteiger partial charge < -0.3 is 25.4 Å². The van der Waals surface area contributed by atoms with Crippen LogP contribution < -0.4 is 5.32 Å². The molecule has 0 bridgehead atoms. The largest absolute Gasteiger partial charge is 0.508 e. The van der Waals surface area contributed by atoms with Gasteiger partial charge in [0.2, 0.25) is 0 Å². The van der Waals surface area contributed by atoms with Crippen LogP contribution in [0, 0.1) is 0 Å². The number of aliphatic hydroxyl groups excluding tert-OH is 1. The highest BCUT2D eigenvalue weighted by atomic mass is 16.5. The molecule has 5 nitrogen and oxygen atoms in total. The number of aromatic hydroxyl groups is 1. The number of aryl methyl sites for hydroxylation is 1. The molecule has 4 N–H and O–H groups in total. The van der Waals surface area contributed by atoms with E-state index in [-0.39, 0.29) is 24.5 Å². The molecule has 0 amide bonds. The van der Waals surface area contributed by atoms with Gasteiger partial charge in [-0.2, -0.15) is 0 Å². The Hall–Kier alpha value is -1.92. The summed E-state index contributed by atoms with van der Waals surface area (Å²) in [6.07, 6.45) is 3.54. The maximum atomic E-state index is 10.4. The molecule has 0 saturated heterocycles. The molecule has 0 radical (unpaired) electrons. The fourth-order valence-electron chi connectivity index (χ4n) is 3.12. The first-order chi connectivity index (χ1) is 15.7. The fraction of sp³-hybridized carbons (Fsp3) is 0.520. The van der Waals surface area contributed by atoms with Crippen LogP contribution in [0.1, 0.15) is 65.4 Å². The summed E-state index contributed by atoms with van der Waals surface area (Å²) in [5, 5.41) is 32.3. The number of unbranched alkanes of at least 4 members (excludes halogenated alkanes) is 3. The second-order valence-corrected chi connectivity index (χ2v) is 7.37. The highest BCUT2D eigenvalue weighted by Gasteiger charge is 2.09. The standard InChI is InChI=1S/C25H37NO4/c27-20-23-18-22(13-14-24(23)28)25(29)19-26-15-7-1-2-8-16-30-17-9-6-12-21-10-4-3-5-11-21/h3-5,10-11,13-14,18,25-29H,1-2,6-9,12,15-17,19-20H2/i16D2,25D. The molecule has 2 aromatic rings. The molecule has 1 unspecified atom stereocenters. The van der Waals surface area contributed by atoms with Crippen LogP contribution in [0.4, 0.5) is 0 Å². The second kappa shape index (κ2) is 15.0. The van der Waals surface area contributed by atoms with Gasteiger partial charge >= 0.3 is 0 Å². The number of phenols is 1. The monoisotopic (exact) mass is 418 g/mol. The molecule has 0 aliphatic rings. The van der Waals surface area contributed by atoms with Crippen LogP contribution in [-0.2, 0) is 17.8 Å². The quantitative estimate of drug-likeness (QED) is 0.309. The summed E-state index contributed by atoms with van der Waals surface area (Å²) < 4.78 is 29.6. The summed E-state index contributed by atoms with van der Waals surface area (Å²) in [6, 6.07) is 14.5. The zero-order valence-corrected chi connectivity index (χ0v) is 17.6. The maximum absolute atomic E-state index is 10.4. The van der Waals surface area contributed by atoms with Crippen molar-refractivity contribution in [1.29, 1.82) is 0 Å². The van der Waals surface area contributed by atoms with Gasteiger partial charge in [-0.15, -0.1) is 0 Å². The number of ether oxygens (including phenoxy) is 1. The van der Waals surface area contributed by atoms with Gasteiger partial charge in [0.1, 0.15) is 5.75 Å². The summed E-state index contributed by atoms with van der Waals surface area (Å²) >= 11 is 0. The van der Waals surface area contributed by atoms with Crippen molar-refractivity contribution < 1.29 is 24.2 Å². The fourth-order valence-corrected chi connectivity index (χ4v) is 3.12. The van der Waals surface area contributed by atoms with Crippen LogP contribution in [-0.4, -0.2) is 41.6 Å². The Kier molecular flexibility index (Phi) is 9.98. The Labute approximate surface area is 184 Å². The lowest BCUT2D eigenvalue weighted by atomic mass is 10.1. The molecule has 2 rings (SSSR count). The maximum Gasteiger partial charge on any atom is 0.121 e. The van der Waals surface area contributed by atoms with E-state index < -0.39 is 12.6 Å². The molecule has 5 heteroatoms. The topological polar surface area (TPSA) is 82.0 Å². The van der Waals surface area contributed by atoms with Crippen LogP contribution in [0.25, 0.3) is 0 Å². The van der Waals surface area contributed by atoms with Crippen molar-refractivity contribution in [3.63, 3.8) is 0 Å². The van der Waals surface area contributed by atoms with Crippen molar-refractivity contribution in [3.8, 4) is 5.75 Å². The van der Waals surface area contributed by atoms with E-state index in [9.17, 15) is 15.3 Å². The van der Waals surface area contributed by atoms with Crippen LogP contribution in [0.2, 0.25) is 0 Å². The highest BCUT2D eigenvalue weighted by molar-refractivity contribution is 5.36. The van der Waals surface area contributed by atoms with Gasteiger partial charge in [-0.3, -0.25) is 0 Å². The van der Waals surface area contributed by atoms with Gasteiger partial charge in [-0.1, -0.05) is 49.2 Å². The highest BCUT2D eigenvalue weighted by Crippen LogP contribution is 2.22. The molecule has 0 aliphatic heterocycles. The molecule has 0 spiro atoms. The molecule has 30 heavy (non-hydrogen) atoms. The van der Waals surface area contributed by atoms with Crippen molar-refractivity contribution in [2.24, 2.45) is 0 Å². The predicted octanol–water partition coefficient (Wildman–Crippen LogP) is 4.11. The van der Waals surface area contributed by atoms with Gasteiger partial charge in [0.15, 0.2) is 0 Å². The van der Waals surface area contributed by atoms with Gasteiger partial charge in [0.05, 0.1) is 16.8 Å². The number of hydrogen-bond acceptors (Lipinski definition) is 5. The molecule has 0 aromatic heterocycles. The van der Waals surface area contributed by atoms with E-state index in [1.807, 2.05) is 18.2 Å². The normalized spacial score (nSPS) is 15.2. The van der Waals surface area contributed by atoms with Gasteiger partial charge in [-0.05, 0) is 61.9 Å². The number of hydrogen-bond donors (Lipinski definition) is 4. The number of aliphatic hydroxyl groups is 2. The van der Waals surface area contributed by atoms with E-state index in [4.69, 9.17) is 8.85 Å². The molecule has 166 valence electrons. The molecule has 2 aromatic carbocycles. The Morgan fingerprint density at radius 2 is 1.80 bits per heavy atom. The van der Waals surface area contributed by atoms with E-state index in [2.05, 4.69) is 17.4 Å². The van der Waals surface area contributed by atoms with Crippen molar-refractivity contribution in [1.82, 2.24) is 5.32 Å². The molecule has 0 heterocycles. The predicted molar refractivity (Wildman–Crippen MR) is 121 cm³/mol. The van der Waals surface area contributed by atoms with Crippen molar-refractivity contribution in [2.75, 3.05) is 26.3 Å². The minimum atomic E-state index is -1.87. The van der Waals surface area contributed by atoms with Gasteiger partial charge in [0.25, 0.3) is 0 Å². The van der Waals surface area contributed by atoms with Crippen LogP contribution in [0.5, 0.6) is 5.75 Å². The third-order valence-corrected chi connectivity index (χ3v) is 4.91. The number of benzene rings is 2. The van der Waals surface area contributed by atoms with E-state index in [1.165, 1.54) is 23.8 Å². The lowest BCUT2D eigenvalue weighted by molar-refractivity contribution is 0.126. The van der Waals surface area contributed by atoms with Crippen molar-refractivity contribution in [3.05, 3.63) is 65.2 Å². The third kappa shape index (κ3) is 9.72. The second-order valence-electron chi connectivity index (χ2n) is 7.37. The molecule has 0 aliphatic carbocycles. The van der Waals surface area contributed by atoms with E-state index >= 15 is 0 Å². The first-order valence-corrected chi connectivity index (χ1v) is 10.8. The van der Waals surface area contributed by atoms with E-state index in [0.29, 0.717) is 31.6 Å². The summed E-state index contributed by atoms with van der Waals surface area (Å²) in [7, 11) is 0. The smallest absolute Gasteiger partial charge is 0.121 e. The minimum Gasteiger partial charge on any atom is -0.508 e. The van der Waals surface area contributed by atoms with E-state index in [1.54, 1.807) is 0 Å². The Morgan fingerprint density at radius 1 is 1.00 bits per heavy atom. The summed E-state index contributed by atoms with van der Waals surface area (Å²) in [4.78, 5) is 0. The van der Waals surface area contributed by atoms with Gasteiger partial charge in [0, 0.05) is 25.3 Å². The van der Waals surface area contributed by atoms with Gasteiger partial charge in [-0.25, -0.2) is 0 Å². The van der Waals surface area contributed by atoms with Crippen molar-refractivity contribution >= 4 is 0 Å². The molecular weight excluding hydrogens is 378 g/mol. The zero-order chi connectivity index (χ0) is 24.2. The Balaban J connectivity index is 1.54. The van der Waals surface area contributed by atoms with E-state index in [0.717, 1.165) is 32.1 Å². The Bertz CT molecular complexity index is 819. The SMILES string of the molecule is [2H]C([2H])(CCCCCNCC([2H])(O)c1ccc(O)c(CO)c1)OCCCCc1ccccc1. The number of rotatable bonds is 16. The summed E-state index contributed by atoms with van der Waals surface area (Å²) in [5.74, 6) is -0.0685. The zero-order valence-electron chi connectivity index (χ0n) is 20.6. The Morgan fingerprint density at radius 3 is 2.60 bits per heavy atom. The average Bonchev–Trinajstić information content (AvgIpc) is 2.79. The average molecular weight is 419 g/mol. The molecular formula is C25H37NO4. The van der Waals surface area contributed by atoms with Crippen molar-refractivity contribution in [2.45, 2.75) is 57.6 Å². The number of nitrogens with one attached hydrogen (secondary N) is 1. The lowest BCUT2D eigenvalue weighted by Gasteiger charge is -2.14. The summed E-state index contributed by atoms with van der Waals surface area (Å²) in [5.41, 5.74) is 1.85.